The number of nitrogens with one attached hydrogen (secondary N) is 1. The highest BCUT2D eigenvalue weighted by Crippen LogP contribution is 2.29. The van der Waals surface area contributed by atoms with Crippen LogP contribution in [0.5, 0.6) is 0 Å². The number of rotatable bonds is 0. The van der Waals surface area contributed by atoms with E-state index in [4.69, 9.17) is 11.6 Å². The van der Waals surface area contributed by atoms with Gasteiger partial charge in [-0.15, -0.1) is 0 Å². The van der Waals surface area contributed by atoms with Crippen molar-refractivity contribution in [3.8, 4) is 0 Å². The smallest absolute Gasteiger partial charge is 0.0858 e. The lowest BCUT2D eigenvalue weighted by Crippen LogP contribution is -2.06. The van der Waals surface area contributed by atoms with Gasteiger partial charge in [0.05, 0.1) is 17.9 Å². The minimum atomic E-state index is 0.744. The summed E-state index contributed by atoms with van der Waals surface area (Å²) in [4.78, 5) is 4.19. The van der Waals surface area contributed by atoms with Crippen LogP contribution in [0.25, 0.3) is 0 Å². The number of hydrogen-bond acceptors (Lipinski definition) is 2. The number of hydrogen-bond donors (Lipinski definition) is 1. The fourth-order valence-electron chi connectivity index (χ4n) is 1.06. The number of aliphatic imine (C=N–C) groups is 1. The Labute approximate surface area is 69.9 Å². The van der Waals surface area contributed by atoms with Gasteiger partial charge in [-0.3, -0.25) is 4.99 Å². The molecule has 1 aromatic rings. The third-order valence-corrected chi connectivity index (χ3v) is 1.81. The molecule has 0 atom stereocenters. The second-order valence-electron chi connectivity index (χ2n) is 2.35. The number of benzene rings is 1. The maximum atomic E-state index is 5.78. The summed E-state index contributed by atoms with van der Waals surface area (Å²) in [5.74, 6) is 0. The zero-order valence-corrected chi connectivity index (χ0v) is 6.60. The Morgan fingerprint density at radius 3 is 3.27 bits per heavy atom. The first-order valence-corrected chi connectivity index (χ1v) is 3.80. The minimum absolute atomic E-state index is 0.744. The molecule has 1 N–H and O–H groups in total. The van der Waals surface area contributed by atoms with Crippen LogP contribution in [0.1, 0.15) is 0 Å². The molecule has 1 aliphatic heterocycles. The van der Waals surface area contributed by atoms with Crippen molar-refractivity contribution in [2.75, 3.05) is 11.9 Å². The summed E-state index contributed by atoms with van der Waals surface area (Å²) in [6, 6.07) is 5.62. The summed E-state index contributed by atoms with van der Waals surface area (Å²) in [7, 11) is 0. The van der Waals surface area contributed by atoms with Crippen molar-refractivity contribution in [1.29, 1.82) is 0 Å². The topological polar surface area (TPSA) is 24.4 Å². The van der Waals surface area contributed by atoms with E-state index in [-0.39, 0.29) is 0 Å². The molecule has 2 nitrogen and oxygen atoms in total. The van der Waals surface area contributed by atoms with Crippen molar-refractivity contribution < 1.29 is 0 Å². The van der Waals surface area contributed by atoms with Crippen LogP contribution < -0.4 is 5.32 Å². The molecular formula is C8H7ClN2. The molecule has 0 unspecified atom stereocenters. The first-order chi connectivity index (χ1) is 5.36. The van der Waals surface area contributed by atoms with Crippen LogP contribution in [0.4, 0.5) is 11.4 Å². The third kappa shape index (κ3) is 1.21. The zero-order chi connectivity index (χ0) is 7.68. The fraction of sp³-hybridized carbons (Fsp3) is 0.125. The van der Waals surface area contributed by atoms with E-state index in [1.54, 1.807) is 0 Å². The average Bonchev–Trinajstić information content (AvgIpc) is 2.04. The Hall–Kier alpha value is -1.02. The first kappa shape index (κ1) is 6.68. The molecule has 0 aliphatic carbocycles. The number of anilines is 1. The van der Waals surface area contributed by atoms with Crippen molar-refractivity contribution in [3.05, 3.63) is 23.2 Å². The van der Waals surface area contributed by atoms with Crippen molar-refractivity contribution >= 4 is 29.2 Å². The third-order valence-electron chi connectivity index (χ3n) is 1.57. The molecule has 0 saturated carbocycles. The molecule has 3 heteroatoms. The van der Waals surface area contributed by atoms with Gasteiger partial charge in [0.2, 0.25) is 0 Å². The summed E-state index contributed by atoms with van der Waals surface area (Å²) in [6.45, 7) is 0.785. The normalized spacial score (nSPS) is 13.9. The van der Waals surface area contributed by atoms with Gasteiger partial charge in [-0.25, -0.2) is 0 Å². The molecule has 0 amide bonds. The summed E-state index contributed by atoms with van der Waals surface area (Å²) in [6.07, 6.45) is 1.84. The molecule has 0 bridgehead atoms. The Bertz CT molecular complexity index is 307. The molecule has 0 fully saturated rings. The van der Waals surface area contributed by atoms with E-state index in [1.165, 1.54) is 0 Å². The molecule has 1 heterocycles. The fourth-order valence-corrected chi connectivity index (χ4v) is 1.23. The zero-order valence-electron chi connectivity index (χ0n) is 5.84. The first-order valence-electron chi connectivity index (χ1n) is 3.42. The standard InChI is InChI=1S/C8H7ClN2/c9-6-1-2-7-8(5-6)11-4-3-10-7/h1-3,5,11H,4H2. The Balaban J connectivity index is 2.53. The maximum absolute atomic E-state index is 5.78. The van der Waals surface area contributed by atoms with E-state index in [0.717, 1.165) is 22.9 Å². The second-order valence-corrected chi connectivity index (χ2v) is 2.79. The molecule has 0 aromatic heterocycles. The molecule has 0 saturated heterocycles. The molecule has 0 spiro atoms. The lowest BCUT2D eigenvalue weighted by Gasteiger charge is -2.11. The lowest BCUT2D eigenvalue weighted by molar-refractivity contribution is 1.34. The summed E-state index contributed by atoms with van der Waals surface area (Å²) >= 11 is 5.78. The van der Waals surface area contributed by atoms with Crippen LogP contribution in [0.15, 0.2) is 23.2 Å². The highest BCUT2D eigenvalue weighted by molar-refractivity contribution is 6.31. The van der Waals surface area contributed by atoms with Crippen LogP contribution in [0.2, 0.25) is 5.02 Å². The van der Waals surface area contributed by atoms with E-state index < -0.39 is 0 Å². The molecule has 56 valence electrons. The molecular weight excluding hydrogens is 160 g/mol. The minimum Gasteiger partial charge on any atom is -0.378 e. The van der Waals surface area contributed by atoms with Gasteiger partial charge < -0.3 is 5.32 Å². The molecule has 0 radical (unpaired) electrons. The van der Waals surface area contributed by atoms with Gasteiger partial charge in [-0.05, 0) is 18.2 Å². The summed E-state index contributed by atoms with van der Waals surface area (Å²) in [5.41, 5.74) is 1.97. The van der Waals surface area contributed by atoms with Crippen LogP contribution in [0.3, 0.4) is 0 Å². The lowest BCUT2D eigenvalue weighted by atomic mass is 10.2. The number of halogens is 1. The molecule has 1 aromatic carbocycles. The Morgan fingerprint density at radius 1 is 1.45 bits per heavy atom. The molecule has 1 aliphatic rings. The number of fused-ring (bicyclic) bond motifs is 1. The van der Waals surface area contributed by atoms with Crippen LogP contribution >= 0.6 is 11.6 Å². The van der Waals surface area contributed by atoms with E-state index in [0.29, 0.717) is 0 Å². The highest BCUT2D eigenvalue weighted by Gasteiger charge is 2.03. The SMILES string of the molecule is Clc1ccc2c(c1)NCC=N2. The predicted octanol–water partition coefficient (Wildman–Crippen LogP) is 2.47. The van der Waals surface area contributed by atoms with Gasteiger partial charge in [-0.2, -0.15) is 0 Å². The van der Waals surface area contributed by atoms with Gasteiger partial charge in [0.25, 0.3) is 0 Å². The van der Waals surface area contributed by atoms with Gasteiger partial charge in [0, 0.05) is 11.2 Å². The molecule has 2 rings (SSSR count). The van der Waals surface area contributed by atoms with Crippen molar-refractivity contribution in [1.82, 2.24) is 0 Å². The van der Waals surface area contributed by atoms with Crippen LogP contribution in [0, 0.1) is 0 Å². The van der Waals surface area contributed by atoms with Gasteiger partial charge in [-0.1, -0.05) is 11.6 Å². The van der Waals surface area contributed by atoms with Crippen molar-refractivity contribution in [3.63, 3.8) is 0 Å². The number of nitrogens with zero attached hydrogens (tertiary/aromatic N) is 1. The summed E-state index contributed by atoms with van der Waals surface area (Å²) in [5, 5.41) is 3.91. The van der Waals surface area contributed by atoms with E-state index in [2.05, 4.69) is 10.3 Å². The highest BCUT2D eigenvalue weighted by atomic mass is 35.5. The second kappa shape index (κ2) is 2.55. The van der Waals surface area contributed by atoms with Crippen molar-refractivity contribution in [2.24, 2.45) is 4.99 Å². The van der Waals surface area contributed by atoms with E-state index in [1.807, 2.05) is 24.4 Å². The van der Waals surface area contributed by atoms with Crippen LogP contribution in [-0.2, 0) is 0 Å². The van der Waals surface area contributed by atoms with E-state index >= 15 is 0 Å². The monoisotopic (exact) mass is 166 g/mol. The Morgan fingerprint density at radius 2 is 2.36 bits per heavy atom. The summed E-state index contributed by atoms with van der Waals surface area (Å²) < 4.78 is 0. The average molecular weight is 167 g/mol. The largest absolute Gasteiger partial charge is 0.378 e. The van der Waals surface area contributed by atoms with Gasteiger partial charge in [0.15, 0.2) is 0 Å². The van der Waals surface area contributed by atoms with Crippen molar-refractivity contribution in [2.45, 2.75) is 0 Å². The quantitative estimate of drug-likeness (QED) is 0.629. The van der Waals surface area contributed by atoms with Gasteiger partial charge >= 0.3 is 0 Å². The Kier molecular flexibility index (Phi) is 1.55. The molecule has 11 heavy (non-hydrogen) atoms. The maximum Gasteiger partial charge on any atom is 0.0858 e. The van der Waals surface area contributed by atoms with Gasteiger partial charge in [0.1, 0.15) is 0 Å². The predicted molar refractivity (Wildman–Crippen MR) is 48.1 cm³/mol. The van der Waals surface area contributed by atoms with Crippen LogP contribution in [-0.4, -0.2) is 12.8 Å². The van der Waals surface area contributed by atoms with E-state index in [9.17, 15) is 0 Å².